The number of benzene rings is 1. The van der Waals surface area contributed by atoms with Gasteiger partial charge in [0.15, 0.2) is 11.9 Å². The van der Waals surface area contributed by atoms with E-state index in [1.54, 1.807) is 30.3 Å². The van der Waals surface area contributed by atoms with Crippen LogP contribution in [-0.4, -0.2) is 65.2 Å². The predicted octanol–water partition coefficient (Wildman–Crippen LogP) is 2.35. The summed E-state index contributed by atoms with van der Waals surface area (Å²) in [6.45, 7) is 3.32. The van der Waals surface area contributed by atoms with Crippen LogP contribution in [0, 0.1) is 0 Å². The Kier molecular flexibility index (Phi) is 6.55. The van der Waals surface area contributed by atoms with E-state index in [-0.39, 0.29) is 0 Å². The van der Waals surface area contributed by atoms with E-state index in [1.807, 2.05) is 6.07 Å². The van der Waals surface area contributed by atoms with Crippen LogP contribution in [0.1, 0.15) is 48.9 Å². The number of aliphatic hydroxyl groups excluding tert-OH is 2. The lowest BCUT2D eigenvalue weighted by Gasteiger charge is -2.42. The van der Waals surface area contributed by atoms with Crippen molar-refractivity contribution in [1.82, 2.24) is 0 Å². The molecule has 7 nitrogen and oxygen atoms in total. The van der Waals surface area contributed by atoms with Gasteiger partial charge in [0.2, 0.25) is 0 Å². The molecule has 1 aromatic carbocycles. The maximum absolute atomic E-state index is 12.8. The number of rotatable bonds is 6. The van der Waals surface area contributed by atoms with Crippen molar-refractivity contribution in [3.05, 3.63) is 48.6 Å². The molecule has 164 valence electrons. The van der Waals surface area contributed by atoms with E-state index in [0.717, 1.165) is 32.1 Å². The largest absolute Gasteiger partial charge is 0.453 e. The van der Waals surface area contributed by atoms with E-state index in [0.29, 0.717) is 12.0 Å². The van der Waals surface area contributed by atoms with Crippen LogP contribution in [0.3, 0.4) is 0 Å². The highest BCUT2D eigenvalue weighted by molar-refractivity contribution is 5.89. The van der Waals surface area contributed by atoms with Crippen molar-refractivity contribution < 1.29 is 34.0 Å². The van der Waals surface area contributed by atoms with Gasteiger partial charge in [-0.1, -0.05) is 30.7 Å². The van der Waals surface area contributed by atoms with Gasteiger partial charge in [0, 0.05) is 12.8 Å². The fourth-order valence-corrected chi connectivity index (χ4v) is 4.74. The number of esters is 1. The Morgan fingerprint density at radius 3 is 2.57 bits per heavy atom. The summed E-state index contributed by atoms with van der Waals surface area (Å²) in [7, 11) is 0. The number of hydrogen-bond acceptors (Lipinski definition) is 7. The van der Waals surface area contributed by atoms with Crippen molar-refractivity contribution in [1.29, 1.82) is 0 Å². The molecule has 2 aliphatic heterocycles. The molecule has 2 heterocycles. The van der Waals surface area contributed by atoms with Crippen molar-refractivity contribution in [2.24, 2.45) is 0 Å². The molecule has 30 heavy (non-hydrogen) atoms. The summed E-state index contributed by atoms with van der Waals surface area (Å²) in [4.78, 5) is 12.8. The van der Waals surface area contributed by atoms with Crippen LogP contribution in [0.5, 0.6) is 0 Å². The zero-order valence-corrected chi connectivity index (χ0v) is 17.0. The first-order valence-corrected chi connectivity index (χ1v) is 10.7. The van der Waals surface area contributed by atoms with Gasteiger partial charge in [-0.25, -0.2) is 4.79 Å². The fourth-order valence-electron chi connectivity index (χ4n) is 4.74. The molecule has 1 aromatic rings. The first-order valence-electron chi connectivity index (χ1n) is 10.7. The van der Waals surface area contributed by atoms with E-state index in [1.165, 1.54) is 0 Å². The maximum atomic E-state index is 12.8. The molecule has 3 fully saturated rings. The molecule has 1 saturated carbocycles. The van der Waals surface area contributed by atoms with Gasteiger partial charge in [-0.2, -0.15) is 0 Å². The fraction of sp³-hybridized carbons (Fsp3) is 0.609. The summed E-state index contributed by atoms with van der Waals surface area (Å²) in [5.74, 6) is -1.23. The molecule has 1 aliphatic carbocycles. The van der Waals surface area contributed by atoms with Crippen LogP contribution >= 0.6 is 0 Å². The zero-order valence-electron chi connectivity index (χ0n) is 17.0. The van der Waals surface area contributed by atoms with E-state index < -0.39 is 55.0 Å². The Bertz CT molecular complexity index is 730. The lowest BCUT2D eigenvalue weighted by atomic mass is 9.91. The maximum Gasteiger partial charge on any atom is 0.338 e. The van der Waals surface area contributed by atoms with Crippen LogP contribution in [0.4, 0.5) is 0 Å². The average Bonchev–Trinajstić information content (AvgIpc) is 3.14. The number of hydrogen-bond donors (Lipinski definition) is 2. The summed E-state index contributed by atoms with van der Waals surface area (Å²) < 4.78 is 24.8. The molecule has 6 atom stereocenters. The van der Waals surface area contributed by atoms with Crippen LogP contribution in [0.25, 0.3) is 0 Å². The number of carbonyl (C=O) groups excluding carboxylic acids is 1. The third-order valence-corrected chi connectivity index (χ3v) is 6.20. The van der Waals surface area contributed by atoms with E-state index in [9.17, 15) is 15.0 Å². The van der Waals surface area contributed by atoms with Crippen molar-refractivity contribution in [2.75, 3.05) is 6.61 Å². The minimum atomic E-state index is -1.13. The molecule has 7 heteroatoms. The number of ether oxygens (including phenoxy) is 4. The molecule has 0 radical (unpaired) electrons. The van der Waals surface area contributed by atoms with Crippen LogP contribution in [0.2, 0.25) is 0 Å². The standard InChI is InChI=1S/C23H30O7/c1-2-9-17-19(28-22(26)15-10-5-3-6-11-15)21-20(18(27-17)16(25)14-24)29-23(30-21)12-7-4-8-13-23/h2-3,5-6,10-11,16-21,24-25H,1,4,7-9,12-14H2/t16-,17?,18+,19+,20-,21+/m1/s1. The van der Waals surface area contributed by atoms with Crippen molar-refractivity contribution >= 4 is 5.97 Å². The topological polar surface area (TPSA) is 94.5 Å². The minimum absolute atomic E-state index is 0.404. The van der Waals surface area contributed by atoms with Gasteiger partial charge in [0.05, 0.1) is 12.2 Å². The third kappa shape index (κ3) is 4.18. The minimum Gasteiger partial charge on any atom is -0.453 e. The second kappa shape index (κ2) is 9.16. The highest BCUT2D eigenvalue weighted by Gasteiger charge is 2.60. The van der Waals surface area contributed by atoms with Gasteiger partial charge in [0.1, 0.15) is 30.5 Å². The van der Waals surface area contributed by atoms with Crippen molar-refractivity contribution in [2.45, 2.75) is 80.9 Å². The normalized spacial score (nSPS) is 33.6. The molecule has 2 N–H and O–H groups in total. The summed E-state index contributed by atoms with van der Waals surface area (Å²) in [5, 5.41) is 20.0. The van der Waals surface area contributed by atoms with Gasteiger partial charge in [-0.3, -0.25) is 0 Å². The summed E-state index contributed by atoms with van der Waals surface area (Å²) in [6.07, 6.45) is 2.24. The highest BCUT2D eigenvalue weighted by atomic mass is 16.8. The number of carbonyl (C=O) groups is 1. The first-order chi connectivity index (χ1) is 14.6. The SMILES string of the molecule is C=CCC1O[C@@H]([C@H](O)CO)[C@H]2OC3(CCCCC3)O[C@H]2[C@H]1OC(=O)c1ccccc1. The van der Waals surface area contributed by atoms with E-state index in [4.69, 9.17) is 18.9 Å². The Morgan fingerprint density at radius 1 is 1.20 bits per heavy atom. The van der Waals surface area contributed by atoms with E-state index >= 15 is 0 Å². The second-order valence-electron chi connectivity index (χ2n) is 8.29. The Labute approximate surface area is 176 Å². The van der Waals surface area contributed by atoms with Crippen molar-refractivity contribution in [3.63, 3.8) is 0 Å². The number of fused-ring (bicyclic) bond motifs is 1. The summed E-state index contributed by atoms with van der Waals surface area (Å²) in [6, 6.07) is 8.77. The molecule has 1 spiro atoms. The highest BCUT2D eigenvalue weighted by Crippen LogP contribution is 2.46. The molecule has 3 aliphatic rings. The lowest BCUT2D eigenvalue weighted by molar-refractivity contribution is -0.217. The molecule has 0 amide bonds. The quantitative estimate of drug-likeness (QED) is 0.541. The molecular weight excluding hydrogens is 388 g/mol. The molecule has 0 bridgehead atoms. The van der Waals surface area contributed by atoms with Gasteiger partial charge in [-0.15, -0.1) is 6.58 Å². The van der Waals surface area contributed by atoms with Gasteiger partial charge < -0.3 is 29.2 Å². The van der Waals surface area contributed by atoms with Gasteiger partial charge in [-0.05, 0) is 31.4 Å². The lowest BCUT2D eigenvalue weighted by Crippen LogP contribution is -2.61. The summed E-state index contributed by atoms with van der Waals surface area (Å²) in [5.41, 5.74) is 0.440. The molecule has 4 rings (SSSR count). The Hall–Kier alpha value is -1.77. The van der Waals surface area contributed by atoms with Gasteiger partial charge >= 0.3 is 5.97 Å². The van der Waals surface area contributed by atoms with E-state index in [2.05, 4.69) is 6.58 Å². The monoisotopic (exact) mass is 418 g/mol. The predicted molar refractivity (Wildman–Crippen MR) is 108 cm³/mol. The van der Waals surface area contributed by atoms with Crippen molar-refractivity contribution in [3.8, 4) is 0 Å². The van der Waals surface area contributed by atoms with Gasteiger partial charge in [0.25, 0.3) is 0 Å². The Morgan fingerprint density at radius 2 is 1.90 bits per heavy atom. The third-order valence-electron chi connectivity index (χ3n) is 6.20. The average molecular weight is 418 g/mol. The van der Waals surface area contributed by atoms with Crippen LogP contribution in [0.15, 0.2) is 43.0 Å². The molecule has 0 aromatic heterocycles. The first kappa shape index (κ1) is 21.5. The second-order valence-corrected chi connectivity index (χ2v) is 8.29. The van der Waals surface area contributed by atoms with Crippen LogP contribution < -0.4 is 0 Å². The molecular formula is C23H30O7. The number of aliphatic hydroxyl groups is 2. The molecule has 1 unspecified atom stereocenters. The smallest absolute Gasteiger partial charge is 0.338 e. The Balaban J connectivity index is 1.62. The summed E-state index contributed by atoms with van der Waals surface area (Å²) >= 11 is 0. The molecule has 2 saturated heterocycles. The zero-order chi connectivity index (χ0) is 21.1. The van der Waals surface area contributed by atoms with Crippen LogP contribution in [-0.2, 0) is 18.9 Å².